The Morgan fingerprint density at radius 2 is 2.62 bits per heavy atom. The van der Waals surface area contributed by atoms with Gasteiger partial charge in [-0.25, -0.2) is 4.98 Å². The standard InChI is InChI=1S/C9H15N3O/c1-12-6-11-8-4-10-3-7(5-13-2)9(8)12/h6-7,10H,3-5H2,1-2H3. The second kappa shape index (κ2) is 3.47. The third-order valence-electron chi connectivity index (χ3n) is 2.50. The Hall–Kier alpha value is -0.870. The van der Waals surface area contributed by atoms with Crippen LogP contribution in [0.1, 0.15) is 17.3 Å². The van der Waals surface area contributed by atoms with Crippen LogP contribution in [0.5, 0.6) is 0 Å². The van der Waals surface area contributed by atoms with Crippen molar-refractivity contribution in [3.8, 4) is 0 Å². The number of nitrogens with one attached hydrogen (secondary N) is 1. The Morgan fingerprint density at radius 3 is 3.38 bits per heavy atom. The molecule has 0 bridgehead atoms. The van der Waals surface area contributed by atoms with Crippen LogP contribution in [-0.2, 0) is 18.3 Å². The van der Waals surface area contributed by atoms with Crippen molar-refractivity contribution >= 4 is 0 Å². The third kappa shape index (κ3) is 1.47. The first-order chi connectivity index (χ1) is 6.33. The number of rotatable bonds is 2. The number of ether oxygens (including phenoxy) is 1. The lowest BCUT2D eigenvalue weighted by Crippen LogP contribution is -2.31. The highest BCUT2D eigenvalue weighted by Crippen LogP contribution is 2.22. The van der Waals surface area contributed by atoms with Gasteiger partial charge in [0.15, 0.2) is 0 Å². The van der Waals surface area contributed by atoms with Crippen LogP contribution >= 0.6 is 0 Å². The van der Waals surface area contributed by atoms with Crippen LogP contribution in [0.3, 0.4) is 0 Å². The van der Waals surface area contributed by atoms with E-state index in [0.717, 1.165) is 25.4 Å². The minimum atomic E-state index is 0.446. The van der Waals surface area contributed by atoms with Gasteiger partial charge in [-0.3, -0.25) is 0 Å². The molecule has 1 aliphatic rings. The van der Waals surface area contributed by atoms with Gasteiger partial charge in [0.25, 0.3) is 0 Å². The summed E-state index contributed by atoms with van der Waals surface area (Å²) in [5.41, 5.74) is 2.48. The fraction of sp³-hybridized carbons (Fsp3) is 0.667. The maximum absolute atomic E-state index is 5.18. The van der Waals surface area contributed by atoms with Crippen LogP contribution in [-0.4, -0.2) is 29.8 Å². The average Bonchev–Trinajstić information content (AvgIpc) is 2.50. The van der Waals surface area contributed by atoms with Gasteiger partial charge in [-0.1, -0.05) is 0 Å². The van der Waals surface area contributed by atoms with Crippen molar-refractivity contribution in [2.75, 3.05) is 20.3 Å². The van der Waals surface area contributed by atoms with Gasteiger partial charge in [0.2, 0.25) is 0 Å². The van der Waals surface area contributed by atoms with Crippen LogP contribution in [0.15, 0.2) is 6.33 Å². The van der Waals surface area contributed by atoms with E-state index in [0.29, 0.717) is 5.92 Å². The predicted octanol–water partition coefficient (Wildman–Crippen LogP) is 0.253. The van der Waals surface area contributed by atoms with Crippen LogP contribution < -0.4 is 5.32 Å². The molecule has 4 heteroatoms. The Kier molecular flexibility index (Phi) is 2.33. The minimum absolute atomic E-state index is 0.446. The van der Waals surface area contributed by atoms with Crippen LogP contribution in [0.4, 0.5) is 0 Å². The van der Waals surface area contributed by atoms with E-state index in [9.17, 15) is 0 Å². The molecule has 0 saturated heterocycles. The summed E-state index contributed by atoms with van der Waals surface area (Å²) in [5.74, 6) is 0.446. The molecule has 4 nitrogen and oxygen atoms in total. The van der Waals surface area contributed by atoms with Gasteiger partial charge < -0.3 is 14.6 Å². The summed E-state index contributed by atoms with van der Waals surface area (Å²) in [6, 6.07) is 0. The van der Waals surface area contributed by atoms with Crippen LogP contribution in [0.2, 0.25) is 0 Å². The molecule has 2 heterocycles. The molecule has 0 aliphatic carbocycles. The van der Waals surface area contributed by atoms with Gasteiger partial charge in [-0.15, -0.1) is 0 Å². The molecule has 1 atom stereocenters. The van der Waals surface area contributed by atoms with Gasteiger partial charge in [0, 0.05) is 38.9 Å². The first kappa shape index (κ1) is 8.72. The van der Waals surface area contributed by atoms with E-state index in [1.165, 1.54) is 5.69 Å². The number of methoxy groups -OCH3 is 1. The normalized spacial score (nSPS) is 21.5. The zero-order chi connectivity index (χ0) is 9.26. The lowest BCUT2D eigenvalue weighted by molar-refractivity contribution is 0.172. The fourth-order valence-electron chi connectivity index (χ4n) is 1.95. The Bertz CT molecular complexity index is 295. The quantitative estimate of drug-likeness (QED) is 0.711. The molecule has 0 radical (unpaired) electrons. The monoisotopic (exact) mass is 181 g/mol. The van der Waals surface area contributed by atoms with Crippen molar-refractivity contribution < 1.29 is 4.74 Å². The third-order valence-corrected chi connectivity index (χ3v) is 2.50. The maximum atomic E-state index is 5.18. The molecule has 13 heavy (non-hydrogen) atoms. The smallest absolute Gasteiger partial charge is 0.0949 e. The molecule has 0 spiro atoms. The largest absolute Gasteiger partial charge is 0.384 e. The molecular weight excluding hydrogens is 166 g/mol. The van der Waals surface area contributed by atoms with E-state index < -0.39 is 0 Å². The molecule has 0 fully saturated rings. The van der Waals surface area contributed by atoms with E-state index in [4.69, 9.17) is 4.74 Å². The zero-order valence-corrected chi connectivity index (χ0v) is 8.08. The van der Waals surface area contributed by atoms with Gasteiger partial charge in [-0.2, -0.15) is 0 Å². The highest BCUT2D eigenvalue weighted by Gasteiger charge is 2.23. The zero-order valence-electron chi connectivity index (χ0n) is 8.08. The van der Waals surface area contributed by atoms with Crippen molar-refractivity contribution in [1.82, 2.24) is 14.9 Å². The summed E-state index contributed by atoms with van der Waals surface area (Å²) in [5, 5.41) is 3.33. The highest BCUT2D eigenvalue weighted by molar-refractivity contribution is 5.21. The van der Waals surface area contributed by atoms with Gasteiger partial charge in [-0.05, 0) is 0 Å². The Labute approximate surface area is 77.9 Å². The first-order valence-corrected chi connectivity index (χ1v) is 4.52. The Balaban J connectivity index is 2.29. The molecule has 1 unspecified atom stereocenters. The molecular formula is C9H15N3O. The minimum Gasteiger partial charge on any atom is -0.384 e. The second-order valence-corrected chi connectivity index (χ2v) is 3.47. The number of imidazole rings is 1. The summed E-state index contributed by atoms with van der Waals surface area (Å²) in [6.07, 6.45) is 1.88. The highest BCUT2D eigenvalue weighted by atomic mass is 16.5. The van der Waals surface area contributed by atoms with Crippen LogP contribution in [0, 0.1) is 0 Å². The van der Waals surface area contributed by atoms with E-state index in [2.05, 4.69) is 14.9 Å². The number of aromatic nitrogens is 2. The first-order valence-electron chi connectivity index (χ1n) is 4.52. The topological polar surface area (TPSA) is 39.1 Å². The molecule has 0 amide bonds. The van der Waals surface area contributed by atoms with E-state index >= 15 is 0 Å². The van der Waals surface area contributed by atoms with Crippen molar-refractivity contribution in [2.45, 2.75) is 12.5 Å². The lowest BCUT2D eigenvalue weighted by Gasteiger charge is -2.23. The number of hydrogen-bond donors (Lipinski definition) is 1. The summed E-state index contributed by atoms with van der Waals surface area (Å²) < 4.78 is 7.28. The molecule has 72 valence electrons. The van der Waals surface area contributed by atoms with E-state index in [-0.39, 0.29) is 0 Å². The molecule has 2 rings (SSSR count). The van der Waals surface area contributed by atoms with Gasteiger partial charge in [0.05, 0.1) is 18.6 Å². The summed E-state index contributed by atoms with van der Waals surface area (Å²) in [6.45, 7) is 2.64. The van der Waals surface area contributed by atoms with Crippen molar-refractivity contribution in [2.24, 2.45) is 7.05 Å². The molecule has 0 aromatic carbocycles. The predicted molar refractivity (Wildman–Crippen MR) is 49.5 cm³/mol. The summed E-state index contributed by atoms with van der Waals surface area (Å²) in [4.78, 5) is 4.33. The van der Waals surface area contributed by atoms with Gasteiger partial charge >= 0.3 is 0 Å². The number of fused-ring (bicyclic) bond motifs is 1. The molecule has 1 aromatic heterocycles. The number of hydrogen-bond acceptors (Lipinski definition) is 3. The average molecular weight is 181 g/mol. The Morgan fingerprint density at radius 1 is 1.77 bits per heavy atom. The summed E-state index contributed by atoms with van der Waals surface area (Å²) in [7, 11) is 3.78. The lowest BCUT2D eigenvalue weighted by atomic mass is 10.0. The number of nitrogens with zero attached hydrogens (tertiary/aromatic N) is 2. The molecule has 1 aromatic rings. The van der Waals surface area contributed by atoms with Crippen molar-refractivity contribution in [3.63, 3.8) is 0 Å². The molecule has 0 saturated carbocycles. The van der Waals surface area contributed by atoms with E-state index in [1.54, 1.807) is 7.11 Å². The summed E-state index contributed by atoms with van der Waals surface area (Å²) >= 11 is 0. The molecule has 1 aliphatic heterocycles. The fourth-order valence-corrected chi connectivity index (χ4v) is 1.95. The van der Waals surface area contributed by atoms with Crippen molar-refractivity contribution in [3.05, 3.63) is 17.7 Å². The van der Waals surface area contributed by atoms with Crippen LogP contribution in [0.25, 0.3) is 0 Å². The van der Waals surface area contributed by atoms with Gasteiger partial charge in [0.1, 0.15) is 0 Å². The van der Waals surface area contributed by atoms with Crippen molar-refractivity contribution in [1.29, 1.82) is 0 Å². The van der Waals surface area contributed by atoms with E-state index in [1.807, 2.05) is 13.4 Å². The maximum Gasteiger partial charge on any atom is 0.0949 e. The second-order valence-electron chi connectivity index (χ2n) is 3.47. The molecule has 1 N–H and O–H groups in total. The SMILES string of the molecule is COCC1CNCc2ncn(C)c21. The number of aryl methyl sites for hydroxylation is 1.